The van der Waals surface area contributed by atoms with Gasteiger partial charge in [-0.3, -0.25) is 4.79 Å². The van der Waals surface area contributed by atoms with Crippen molar-refractivity contribution in [3.05, 3.63) is 12.2 Å². The average Bonchev–Trinajstić information content (AvgIpc) is 2.74. The second-order valence-corrected chi connectivity index (χ2v) is 11.4. The molecular weight excluding hydrogens is 356 g/mol. The van der Waals surface area contributed by atoms with E-state index in [1.54, 1.807) is 0 Å². The standard InChI is InChI=1S/C23H34O5/c1-11-17-12(24)9-14-22(6)8-7-15(25)20(2,3)13(22)10-16-23(14,18(11)26)19(17)28-21(4,5)27-16/h12-17,19,24-25H,1,7-10H2,2-6H3. The normalized spacial score (nSPS) is 56.2. The summed E-state index contributed by atoms with van der Waals surface area (Å²) >= 11 is 0. The molecule has 0 aromatic rings. The van der Waals surface area contributed by atoms with Crippen LogP contribution in [-0.2, 0) is 14.3 Å². The predicted molar refractivity (Wildman–Crippen MR) is 103 cm³/mol. The third kappa shape index (κ3) is 1.95. The van der Waals surface area contributed by atoms with Gasteiger partial charge in [0, 0.05) is 5.92 Å². The van der Waals surface area contributed by atoms with E-state index in [0.29, 0.717) is 12.0 Å². The van der Waals surface area contributed by atoms with Crippen LogP contribution in [0.3, 0.4) is 0 Å². The quantitative estimate of drug-likeness (QED) is 0.622. The number of ketones is 1. The number of carbonyl (C=O) groups excluding carboxylic acids is 1. The third-order valence-electron chi connectivity index (χ3n) is 9.48. The molecule has 9 atom stereocenters. The summed E-state index contributed by atoms with van der Waals surface area (Å²) in [6.45, 7) is 14.5. The molecule has 0 aromatic carbocycles. The summed E-state index contributed by atoms with van der Waals surface area (Å²) in [7, 11) is 0. The largest absolute Gasteiger partial charge is 0.393 e. The lowest BCUT2D eigenvalue weighted by molar-refractivity contribution is -0.387. The van der Waals surface area contributed by atoms with Crippen LogP contribution in [0.4, 0.5) is 0 Å². The van der Waals surface area contributed by atoms with Crippen LogP contribution in [-0.4, -0.2) is 46.2 Å². The number of carbonyl (C=O) groups is 1. The molecule has 2 bridgehead atoms. The first-order valence-corrected chi connectivity index (χ1v) is 10.8. The number of aliphatic hydroxyl groups excluding tert-OH is 2. The fourth-order valence-electron chi connectivity index (χ4n) is 8.25. The lowest BCUT2D eigenvalue weighted by Crippen LogP contribution is -2.73. The lowest BCUT2D eigenvalue weighted by atomic mass is 9.39. The van der Waals surface area contributed by atoms with E-state index in [4.69, 9.17) is 9.47 Å². The zero-order chi connectivity index (χ0) is 20.4. The molecule has 5 fully saturated rings. The van der Waals surface area contributed by atoms with Gasteiger partial charge in [0.1, 0.15) is 0 Å². The fourth-order valence-corrected chi connectivity index (χ4v) is 8.25. The van der Waals surface area contributed by atoms with E-state index in [-0.39, 0.29) is 52.7 Å². The van der Waals surface area contributed by atoms with Crippen LogP contribution in [0.15, 0.2) is 12.2 Å². The highest BCUT2D eigenvalue weighted by Gasteiger charge is 2.78. The zero-order valence-electron chi connectivity index (χ0n) is 17.7. The van der Waals surface area contributed by atoms with Crippen molar-refractivity contribution < 1.29 is 24.5 Å². The van der Waals surface area contributed by atoms with E-state index in [9.17, 15) is 15.0 Å². The maximum atomic E-state index is 13.7. The molecule has 2 N–H and O–H groups in total. The molecule has 4 aliphatic carbocycles. The molecule has 0 amide bonds. The highest BCUT2D eigenvalue weighted by atomic mass is 16.7. The Bertz CT molecular complexity index is 756. The topological polar surface area (TPSA) is 76.0 Å². The summed E-state index contributed by atoms with van der Waals surface area (Å²) in [6.07, 6.45) is 1.27. The minimum atomic E-state index is -0.811. The molecule has 5 aliphatic rings. The minimum Gasteiger partial charge on any atom is -0.393 e. The Morgan fingerprint density at radius 3 is 2.39 bits per heavy atom. The van der Waals surface area contributed by atoms with Crippen LogP contribution in [0, 0.1) is 34.0 Å². The van der Waals surface area contributed by atoms with Gasteiger partial charge in [-0.05, 0) is 67.8 Å². The molecule has 1 saturated heterocycles. The molecule has 5 nitrogen and oxygen atoms in total. The summed E-state index contributed by atoms with van der Waals surface area (Å²) < 4.78 is 12.9. The van der Waals surface area contributed by atoms with Crippen molar-refractivity contribution in [2.24, 2.45) is 34.0 Å². The second kappa shape index (κ2) is 5.29. The Balaban J connectivity index is 1.73. The molecule has 5 rings (SSSR count). The summed E-state index contributed by atoms with van der Waals surface area (Å²) in [5.41, 5.74) is -0.655. The maximum Gasteiger partial charge on any atom is 0.170 e. The highest BCUT2D eigenvalue weighted by Crippen LogP contribution is 2.73. The van der Waals surface area contributed by atoms with Gasteiger partial charge in [0.2, 0.25) is 0 Å². The molecule has 4 saturated carbocycles. The summed E-state index contributed by atoms with van der Waals surface area (Å²) in [4.78, 5) is 13.7. The number of rotatable bonds is 0. The Hall–Kier alpha value is -0.750. The van der Waals surface area contributed by atoms with Crippen molar-refractivity contribution in [3.63, 3.8) is 0 Å². The van der Waals surface area contributed by atoms with E-state index in [1.165, 1.54) is 0 Å². The number of Topliss-reactive ketones (excluding diaryl/α,β-unsaturated/α-hetero) is 1. The zero-order valence-corrected chi connectivity index (χ0v) is 17.7. The SMILES string of the molecule is C=C1C(=O)C23C4CC5C(C)(C)C(O)CCC5(C)C2CC(O)C1C3OC(C)(C)O4. The van der Waals surface area contributed by atoms with E-state index < -0.39 is 17.3 Å². The molecular formula is C23H34O5. The van der Waals surface area contributed by atoms with Gasteiger partial charge in [-0.1, -0.05) is 27.4 Å². The number of hydrogen-bond donors (Lipinski definition) is 2. The Morgan fingerprint density at radius 2 is 1.71 bits per heavy atom. The van der Waals surface area contributed by atoms with Crippen LogP contribution >= 0.6 is 0 Å². The fraction of sp³-hybridized carbons (Fsp3) is 0.870. The monoisotopic (exact) mass is 390 g/mol. The van der Waals surface area contributed by atoms with Crippen LogP contribution in [0.5, 0.6) is 0 Å². The number of hydrogen-bond acceptors (Lipinski definition) is 5. The predicted octanol–water partition coefficient (Wildman–Crippen LogP) is 2.84. The number of fused-ring (bicyclic) bond motifs is 2. The van der Waals surface area contributed by atoms with E-state index in [0.717, 1.165) is 19.3 Å². The highest BCUT2D eigenvalue weighted by molar-refractivity contribution is 6.05. The molecule has 1 spiro atoms. The smallest absolute Gasteiger partial charge is 0.170 e. The Kier molecular flexibility index (Phi) is 3.63. The number of aliphatic hydroxyl groups is 2. The first kappa shape index (κ1) is 19.2. The lowest BCUT2D eigenvalue weighted by Gasteiger charge is -2.69. The molecule has 0 aromatic heterocycles. The van der Waals surface area contributed by atoms with Gasteiger partial charge in [0.25, 0.3) is 0 Å². The van der Waals surface area contributed by atoms with Gasteiger partial charge >= 0.3 is 0 Å². The Labute approximate surface area is 167 Å². The molecule has 5 heteroatoms. The van der Waals surface area contributed by atoms with E-state index >= 15 is 0 Å². The summed E-state index contributed by atoms with van der Waals surface area (Å²) in [5.74, 6) is -0.918. The first-order valence-electron chi connectivity index (χ1n) is 10.8. The molecule has 9 unspecified atom stereocenters. The molecule has 1 aliphatic heterocycles. The van der Waals surface area contributed by atoms with Gasteiger partial charge in [-0.15, -0.1) is 0 Å². The van der Waals surface area contributed by atoms with E-state index in [1.807, 2.05) is 13.8 Å². The summed E-state index contributed by atoms with van der Waals surface area (Å²) in [5, 5.41) is 21.9. The second-order valence-electron chi connectivity index (χ2n) is 11.4. The summed E-state index contributed by atoms with van der Waals surface area (Å²) in [6, 6.07) is 0. The van der Waals surface area contributed by atoms with Crippen LogP contribution in [0.2, 0.25) is 0 Å². The van der Waals surface area contributed by atoms with Gasteiger partial charge in [-0.25, -0.2) is 0 Å². The van der Waals surface area contributed by atoms with Crippen LogP contribution in [0.1, 0.15) is 60.3 Å². The van der Waals surface area contributed by atoms with Crippen molar-refractivity contribution in [1.29, 1.82) is 0 Å². The van der Waals surface area contributed by atoms with Gasteiger partial charge < -0.3 is 19.7 Å². The maximum absolute atomic E-state index is 13.7. The van der Waals surface area contributed by atoms with Gasteiger partial charge in [0.15, 0.2) is 11.6 Å². The van der Waals surface area contributed by atoms with E-state index in [2.05, 4.69) is 27.4 Å². The van der Waals surface area contributed by atoms with Gasteiger partial charge in [-0.2, -0.15) is 0 Å². The van der Waals surface area contributed by atoms with Crippen molar-refractivity contribution >= 4 is 5.78 Å². The number of ether oxygens (including phenoxy) is 2. The average molecular weight is 391 g/mol. The van der Waals surface area contributed by atoms with Crippen molar-refractivity contribution in [2.75, 3.05) is 0 Å². The Morgan fingerprint density at radius 1 is 1.04 bits per heavy atom. The van der Waals surface area contributed by atoms with Crippen molar-refractivity contribution in [1.82, 2.24) is 0 Å². The first-order chi connectivity index (χ1) is 12.9. The van der Waals surface area contributed by atoms with Crippen LogP contribution in [0.25, 0.3) is 0 Å². The van der Waals surface area contributed by atoms with Crippen molar-refractivity contribution in [2.45, 2.75) is 90.5 Å². The van der Waals surface area contributed by atoms with Gasteiger partial charge in [0.05, 0.1) is 29.8 Å². The van der Waals surface area contributed by atoms with Crippen LogP contribution < -0.4 is 0 Å². The molecule has 156 valence electrons. The molecule has 28 heavy (non-hydrogen) atoms. The minimum absolute atomic E-state index is 0.0328. The molecule has 1 heterocycles. The van der Waals surface area contributed by atoms with Crippen molar-refractivity contribution in [3.8, 4) is 0 Å². The molecule has 0 radical (unpaired) electrons. The third-order valence-corrected chi connectivity index (χ3v) is 9.48.